The third-order valence-corrected chi connectivity index (χ3v) is 3.28. The SMILES string of the molecule is CN(C(=O)COCCc1ccccc1N)C1CC1. The lowest BCUT2D eigenvalue weighted by Crippen LogP contribution is -2.32. The third-order valence-electron chi connectivity index (χ3n) is 3.28. The molecule has 0 atom stereocenters. The minimum Gasteiger partial charge on any atom is -0.399 e. The van der Waals surface area contributed by atoms with E-state index in [1.54, 1.807) is 4.90 Å². The van der Waals surface area contributed by atoms with Gasteiger partial charge in [0.05, 0.1) is 6.61 Å². The normalized spacial score (nSPS) is 14.5. The number of benzene rings is 1. The zero-order valence-corrected chi connectivity index (χ0v) is 10.8. The van der Waals surface area contributed by atoms with Gasteiger partial charge in [0.15, 0.2) is 0 Å². The molecule has 1 aromatic carbocycles. The van der Waals surface area contributed by atoms with E-state index in [9.17, 15) is 4.79 Å². The van der Waals surface area contributed by atoms with Gasteiger partial charge in [-0.2, -0.15) is 0 Å². The summed E-state index contributed by atoms with van der Waals surface area (Å²) >= 11 is 0. The highest BCUT2D eigenvalue weighted by Crippen LogP contribution is 2.25. The van der Waals surface area contributed by atoms with Crippen LogP contribution in [-0.4, -0.2) is 37.1 Å². The standard InChI is InChI=1S/C14H20N2O2/c1-16(12-6-7-12)14(17)10-18-9-8-11-4-2-3-5-13(11)15/h2-5,12H,6-10,15H2,1H3. The van der Waals surface area contributed by atoms with Crippen molar-refractivity contribution in [2.75, 3.05) is 26.0 Å². The fourth-order valence-electron chi connectivity index (χ4n) is 1.87. The predicted molar refractivity (Wildman–Crippen MR) is 71.2 cm³/mol. The van der Waals surface area contributed by atoms with Crippen LogP contribution in [0, 0.1) is 0 Å². The number of hydrogen-bond donors (Lipinski definition) is 1. The van der Waals surface area contributed by atoms with Gasteiger partial charge in [-0.25, -0.2) is 0 Å². The second kappa shape index (κ2) is 5.87. The maximum absolute atomic E-state index is 11.7. The van der Waals surface area contributed by atoms with Crippen LogP contribution in [0.4, 0.5) is 5.69 Å². The van der Waals surface area contributed by atoms with Gasteiger partial charge in [-0.05, 0) is 30.9 Å². The van der Waals surface area contributed by atoms with Gasteiger partial charge in [0, 0.05) is 18.8 Å². The number of hydrogen-bond acceptors (Lipinski definition) is 3. The molecule has 0 unspecified atom stereocenters. The van der Waals surface area contributed by atoms with E-state index in [1.165, 1.54) is 0 Å². The Morgan fingerprint density at radius 2 is 2.17 bits per heavy atom. The van der Waals surface area contributed by atoms with Crippen LogP contribution in [0.5, 0.6) is 0 Å². The average Bonchev–Trinajstić information content (AvgIpc) is 3.19. The summed E-state index contributed by atoms with van der Waals surface area (Å²) in [5.41, 5.74) is 7.68. The molecule has 1 aliphatic rings. The molecule has 4 heteroatoms. The van der Waals surface area contributed by atoms with Gasteiger partial charge in [-0.1, -0.05) is 18.2 Å². The predicted octanol–water partition coefficient (Wildman–Crippen LogP) is 1.45. The molecule has 0 aromatic heterocycles. The minimum absolute atomic E-state index is 0.0681. The number of nitrogens with two attached hydrogens (primary N) is 1. The second-order valence-electron chi connectivity index (χ2n) is 4.74. The van der Waals surface area contributed by atoms with Gasteiger partial charge in [0.25, 0.3) is 0 Å². The number of rotatable bonds is 6. The molecule has 4 nitrogen and oxygen atoms in total. The number of amides is 1. The summed E-state index contributed by atoms with van der Waals surface area (Å²) in [7, 11) is 1.85. The summed E-state index contributed by atoms with van der Waals surface area (Å²) in [5, 5.41) is 0. The Morgan fingerprint density at radius 3 is 2.83 bits per heavy atom. The average molecular weight is 248 g/mol. The Kier molecular flexibility index (Phi) is 4.20. The number of para-hydroxylation sites is 1. The monoisotopic (exact) mass is 248 g/mol. The summed E-state index contributed by atoms with van der Waals surface area (Å²) in [5.74, 6) is 0.0681. The fourth-order valence-corrected chi connectivity index (χ4v) is 1.87. The lowest BCUT2D eigenvalue weighted by Gasteiger charge is -2.16. The highest BCUT2D eigenvalue weighted by molar-refractivity contribution is 5.77. The van der Waals surface area contributed by atoms with Crippen molar-refractivity contribution < 1.29 is 9.53 Å². The van der Waals surface area contributed by atoms with Gasteiger partial charge in [-0.3, -0.25) is 4.79 Å². The molecule has 98 valence electrons. The summed E-state index contributed by atoms with van der Waals surface area (Å²) < 4.78 is 5.41. The number of ether oxygens (including phenoxy) is 1. The zero-order chi connectivity index (χ0) is 13.0. The molecule has 1 fully saturated rings. The Bertz CT molecular complexity index is 416. The Balaban J connectivity index is 1.66. The van der Waals surface area contributed by atoms with Crippen LogP contribution in [0.15, 0.2) is 24.3 Å². The molecular weight excluding hydrogens is 228 g/mol. The van der Waals surface area contributed by atoms with E-state index < -0.39 is 0 Å². The fraction of sp³-hybridized carbons (Fsp3) is 0.500. The first-order valence-electron chi connectivity index (χ1n) is 6.35. The molecule has 1 amide bonds. The van der Waals surface area contributed by atoms with Crippen LogP contribution in [0.1, 0.15) is 18.4 Å². The van der Waals surface area contributed by atoms with Crippen LogP contribution in [-0.2, 0) is 16.0 Å². The van der Waals surface area contributed by atoms with Gasteiger partial charge >= 0.3 is 0 Å². The summed E-state index contributed by atoms with van der Waals surface area (Å²) in [6.07, 6.45) is 3.00. The number of carbonyl (C=O) groups is 1. The van der Waals surface area contributed by atoms with E-state index in [4.69, 9.17) is 10.5 Å². The second-order valence-corrected chi connectivity index (χ2v) is 4.74. The Morgan fingerprint density at radius 1 is 1.44 bits per heavy atom. The molecule has 2 N–H and O–H groups in total. The van der Waals surface area contributed by atoms with Crippen molar-refractivity contribution in [2.45, 2.75) is 25.3 Å². The number of anilines is 1. The minimum atomic E-state index is 0.0681. The van der Waals surface area contributed by atoms with Crippen LogP contribution >= 0.6 is 0 Å². The van der Waals surface area contributed by atoms with Crippen LogP contribution < -0.4 is 5.73 Å². The van der Waals surface area contributed by atoms with Crippen molar-refractivity contribution in [3.63, 3.8) is 0 Å². The highest BCUT2D eigenvalue weighted by atomic mass is 16.5. The zero-order valence-electron chi connectivity index (χ0n) is 10.8. The van der Waals surface area contributed by atoms with Gasteiger partial charge < -0.3 is 15.4 Å². The van der Waals surface area contributed by atoms with Crippen molar-refractivity contribution in [1.82, 2.24) is 4.90 Å². The molecule has 0 saturated heterocycles. The summed E-state index contributed by atoms with van der Waals surface area (Å²) in [4.78, 5) is 13.5. The van der Waals surface area contributed by atoms with E-state index in [-0.39, 0.29) is 12.5 Å². The van der Waals surface area contributed by atoms with Crippen LogP contribution in [0.3, 0.4) is 0 Å². The molecule has 0 aliphatic heterocycles. The van der Waals surface area contributed by atoms with Gasteiger partial charge in [-0.15, -0.1) is 0 Å². The molecule has 2 rings (SSSR count). The number of likely N-dealkylation sites (N-methyl/N-ethyl adjacent to an activating group) is 1. The van der Waals surface area contributed by atoms with Crippen LogP contribution in [0.25, 0.3) is 0 Å². The van der Waals surface area contributed by atoms with Crippen molar-refractivity contribution in [3.8, 4) is 0 Å². The quantitative estimate of drug-likeness (QED) is 0.612. The van der Waals surface area contributed by atoms with E-state index in [2.05, 4.69) is 0 Å². The van der Waals surface area contributed by atoms with E-state index >= 15 is 0 Å². The lowest BCUT2D eigenvalue weighted by molar-refractivity contribution is -0.135. The van der Waals surface area contributed by atoms with Crippen LogP contribution in [0.2, 0.25) is 0 Å². The Labute approximate surface area is 108 Å². The summed E-state index contributed by atoms with van der Waals surface area (Å²) in [6.45, 7) is 0.693. The molecule has 18 heavy (non-hydrogen) atoms. The molecule has 0 radical (unpaired) electrons. The first kappa shape index (κ1) is 12.9. The molecule has 0 heterocycles. The maximum Gasteiger partial charge on any atom is 0.248 e. The van der Waals surface area contributed by atoms with Gasteiger partial charge in [0.2, 0.25) is 5.91 Å². The number of nitrogen functional groups attached to an aromatic ring is 1. The molecule has 0 bridgehead atoms. The van der Waals surface area contributed by atoms with Crippen molar-refractivity contribution in [2.24, 2.45) is 0 Å². The number of nitrogens with zero attached hydrogens (tertiary/aromatic N) is 1. The van der Waals surface area contributed by atoms with Crippen molar-refractivity contribution in [1.29, 1.82) is 0 Å². The third kappa shape index (κ3) is 3.47. The van der Waals surface area contributed by atoms with Crippen molar-refractivity contribution >= 4 is 11.6 Å². The maximum atomic E-state index is 11.7. The van der Waals surface area contributed by atoms with Crippen molar-refractivity contribution in [3.05, 3.63) is 29.8 Å². The summed E-state index contributed by atoms with van der Waals surface area (Å²) in [6, 6.07) is 8.18. The van der Waals surface area contributed by atoms with Gasteiger partial charge in [0.1, 0.15) is 6.61 Å². The largest absolute Gasteiger partial charge is 0.399 e. The lowest BCUT2D eigenvalue weighted by atomic mass is 10.1. The number of carbonyl (C=O) groups excluding carboxylic acids is 1. The first-order valence-corrected chi connectivity index (χ1v) is 6.35. The smallest absolute Gasteiger partial charge is 0.248 e. The first-order chi connectivity index (χ1) is 8.68. The van der Waals surface area contributed by atoms with E-state index in [0.29, 0.717) is 12.6 Å². The molecule has 0 spiro atoms. The van der Waals surface area contributed by atoms with E-state index in [0.717, 1.165) is 30.5 Å². The topological polar surface area (TPSA) is 55.6 Å². The molecular formula is C14H20N2O2. The van der Waals surface area contributed by atoms with E-state index in [1.807, 2.05) is 31.3 Å². The Hall–Kier alpha value is -1.55. The highest BCUT2D eigenvalue weighted by Gasteiger charge is 2.29. The molecule has 1 aromatic rings. The molecule has 1 saturated carbocycles. The molecule has 1 aliphatic carbocycles.